The van der Waals surface area contributed by atoms with Gasteiger partial charge >= 0.3 is 0 Å². The summed E-state index contributed by atoms with van der Waals surface area (Å²) in [6.45, 7) is 4.79. The number of ether oxygens (including phenoxy) is 1. The molecular formula is C20H22N6OS. The molecule has 0 saturated carbocycles. The fourth-order valence-electron chi connectivity index (χ4n) is 3.25. The first-order valence-corrected chi connectivity index (χ1v) is 9.35. The smallest absolute Gasteiger partial charge is 0.177 e. The highest BCUT2D eigenvalue weighted by atomic mass is 32.1. The Balaban J connectivity index is 1.61. The Morgan fingerprint density at radius 1 is 1.11 bits per heavy atom. The molecule has 0 radical (unpaired) electrons. The fourth-order valence-corrected chi connectivity index (χ4v) is 3.55. The van der Waals surface area contributed by atoms with Crippen LogP contribution in [0.25, 0.3) is 5.69 Å². The van der Waals surface area contributed by atoms with Gasteiger partial charge in [0.25, 0.3) is 0 Å². The lowest BCUT2D eigenvalue weighted by atomic mass is 10.1. The number of nitrogens with one attached hydrogen (secondary N) is 3. The van der Waals surface area contributed by atoms with E-state index in [1.807, 2.05) is 40.2 Å². The topological polar surface area (TPSA) is 69.6 Å². The van der Waals surface area contributed by atoms with E-state index >= 15 is 0 Å². The minimum Gasteiger partial charge on any atom is -0.497 e. The summed E-state index contributed by atoms with van der Waals surface area (Å²) in [5.74, 6) is 1.57. The number of hydrogen-bond donors (Lipinski definition) is 3. The quantitative estimate of drug-likeness (QED) is 0.579. The number of hydrazone groups is 1. The molecule has 28 heavy (non-hydrogen) atoms. The third-order valence-corrected chi connectivity index (χ3v) is 5.11. The van der Waals surface area contributed by atoms with Crippen molar-refractivity contribution in [3.8, 4) is 11.4 Å². The SMILES string of the molecule is COc1ccc(CN2NNN=C2c2c[nH]n(-c3ccc(C)cc3C)c2=S)cc1. The van der Waals surface area contributed by atoms with Gasteiger partial charge in [0.1, 0.15) is 10.4 Å². The van der Waals surface area contributed by atoms with Gasteiger partial charge in [-0.25, -0.2) is 10.2 Å². The first-order chi connectivity index (χ1) is 13.6. The Morgan fingerprint density at radius 2 is 1.89 bits per heavy atom. The van der Waals surface area contributed by atoms with Crippen molar-refractivity contribution < 1.29 is 4.74 Å². The summed E-state index contributed by atoms with van der Waals surface area (Å²) < 4.78 is 7.81. The van der Waals surface area contributed by atoms with Crippen LogP contribution in [0.15, 0.2) is 53.8 Å². The molecule has 144 valence electrons. The normalized spacial score (nSPS) is 13.4. The first kappa shape index (κ1) is 18.3. The minimum atomic E-state index is 0.624. The average molecular weight is 395 g/mol. The first-order valence-electron chi connectivity index (χ1n) is 8.94. The van der Waals surface area contributed by atoms with Crippen LogP contribution in [0.4, 0.5) is 0 Å². The number of hydrazine groups is 2. The second kappa shape index (κ2) is 7.49. The molecular weight excluding hydrogens is 372 g/mol. The Morgan fingerprint density at radius 3 is 2.61 bits per heavy atom. The van der Waals surface area contributed by atoms with Crippen molar-refractivity contribution in [1.82, 2.24) is 25.9 Å². The molecule has 0 bridgehead atoms. The number of benzene rings is 2. The maximum atomic E-state index is 5.74. The van der Waals surface area contributed by atoms with Crippen LogP contribution in [0.2, 0.25) is 0 Å². The maximum absolute atomic E-state index is 5.74. The molecule has 1 aliphatic heterocycles. The van der Waals surface area contributed by atoms with Gasteiger partial charge in [-0.05, 0) is 43.2 Å². The Kier molecular flexibility index (Phi) is 4.89. The van der Waals surface area contributed by atoms with Crippen LogP contribution in [0.3, 0.4) is 0 Å². The average Bonchev–Trinajstić information content (AvgIpc) is 3.29. The van der Waals surface area contributed by atoms with Crippen molar-refractivity contribution in [2.24, 2.45) is 5.10 Å². The number of aryl methyl sites for hydroxylation is 2. The molecule has 0 spiro atoms. The molecule has 1 aromatic heterocycles. The summed E-state index contributed by atoms with van der Waals surface area (Å²) in [4.78, 5) is 0. The molecule has 1 aliphatic rings. The zero-order valence-corrected chi connectivity index (χ0v) is 16.8. The molecule has 7 nitrogen and oxygen atoms in total. The molecule has 0 unspecified atom stereocenters. The van der Waals surface area contributed by atoms with E-state index in [4.69, 9.17) is 17.0 Å². The molecule has 2 aromatic carbocycles. The van der Waals surface area contributed by atoms with Crippen molar-refractivity contribution in [3.05, 3.63) is 75.6 Å². The lowest BCUT2D eigenvalue weighted by Gasteiger charge is -2.18. The van der Waals surface area contributed by atoms with Crippen molar-refractivity contribution >= 4 is 18.1 Å². The lowest BCUT2D eigenvalue weighted by molar-refractivity contribution is 0.288. The number of aromatic nitrogens is 2. The third kappa shape index (κ3) is 3.39. The van der Waals surface area contributed by atoms with E-state index < -0.39 is 0 Å². The summed E-state index contributed by atoms with van der Waals surface area (Å²) in [6, 6.07) is 14.2. The number of aromatic amines is 1. The van der Waals surface area contributed by atoms with Crippen LogP contribution in [-0.2, 0) is 6.54 Å². The van der Waals surface area contributed by atoms with Gasteiger partial charge in [-0.15, -0.1) is 10.6 Å². The molecule has 0 aliphatic carbocycles. The van der Waals surface area contributed by atoms with Crippen LogP contribution in [0.5, 0.6) is 5.75 Å². The van der Waals surface area contributed by atoms with Crippen molar-refractivity contribution in [1.29, 1.82) is 0 Å². The van der Waals surface area contributed by atoms with Crippen LogP contribution in [0, 0.1) is 18.5 Å². The van der Waals surface area contributed by atoms with E-state index in [-0.39, 0.29) is 0 Å². The molecule has 0 atom stereocenters. The largest absolute Gasteiger partial charge is 0.497 e. The standard InChI is InChI=1S/C20H22N6OS/c1-13-4-9-18(14(2)10-13)26-20(28)17(11-21-26)19-22-23-24-25(19)12-15-5-7-16(27-3)8-6-15/h4-11,21,23-24H,12H2,1-3H3. The van der Waals surface area contributed by atoms with Crippen molar-refractivity contribution in [2.45, 2.75) is 20.4 Å². The van der Waals surface area contributed by atoms with E-state index in [1.165, 1.54) is 5.56 Å². The Bertz CT molecular complexity index is 1080. The molecule has 0 fully saturated rings. The number of amidine groups is 1. The van der Waals surface area contributed by atoms with Crippen molar-refractivity contribution in [2.75, 3.05) is 7.11 Å². The molecule has 0 saturated heterocycles. The Labute approximate surface area is 168 Å². The molecule has 2 heterocycles. The van der Waals surface area contributed by atoms with Crippen molar-refractivity contribution in [3.63, 3.8) is 0 Å². The highest BCUT2D eigenvalue weighted by Crippen LogP contribution is 2.20. The lowest BCUT2D eigenvalue weighted by Crippen LogP contribution is -2.40. The fraction of sp³-hybridized carbons (Fsp3) is 0.200. The summed E-state index contributed by atoms with van der Waals surface area (Å²) in [6.07, 6.45) is 1.89. The second-order valence-electron chi connectivity index (χ2n) is 6.71. The highest BCUT2D eigenvalue weighted by molar-refractivity contribution is 7.71. The molecule has 3 aromatic rings. The minimum absolute atomic E-state index is 0.624. The van der Waals surface area contributed by atoms with E-state index in [1.54, 1.807) is 7.11 Å². The highest BCUT2D eigenvalue weighted by Gasteiger charge is 2.22. The summed E-state index contributed by atoms with van der Waals surface area (Å²) >= 11 is 5.74. The van der Waals surface area contributed by atoms with Gasteiger partial charge in [0.15, 0.2) is 5.84 Å². The summed E-state index contributed by atoms with van der Waals surface area (Å²) in [5, 5.41) is 9.56. The second-order valence-corrected chi connectivity index (χ2v) is 7.10. The van der Waals surface area contributed by atoms with Crippen LogP contribution in [0.1, 0.15) is 22.3 Å². The zero-order valence-electron chi connectivity index (χ0n) is 16.0. The Hall–Kier alpha value is -3.10. The van der Waals surface area contributed by atoms with Gasteiger partial charge in [0.2, 0.25) is 0 Å². The van der Waals surface area contributed by atoms with Gasteiger partial charge in [-0.3, -0.25) is 10.1 Å². The number of H-pyrrole nitrogens is 1. The monoisotopic (exact) mass is 394 g/mol. The van der Waals surface area contributed by atoms with Gasteiger partial charge in [-0.1, -0.05) is 42.0 Å². The van der Waals surface area contributed by atoms with Gasteiger partial charge in [-0.2, -0.15) is 0 Å². The molecule has 3 N–H and O–H groups in total. The number of nitrogens with zero attached hydrogens (tertiary/aromatic N) is 3. The third-order valence-electron chi connectivity index (χ3n) is 4.71. The van der Waals surface area contributed by atoms with Crippen LogP contribution >= 0.6 is 12.2 Å². The predicted molar refractivity (Wildman–Crippen MR) is 112 cm³/mol. The molecule has 0 amide bonds. The van der Waals surface area contributed by atoms with Gasteiger partial charge in [0, 0.05) is 6.20 Å². The molecule has 4 rings (SSSR count). The maximum Gasteiger partial charge on any atom is 0.177 e. The predicted octanol–water partition coefficient (Wildman–Crippen LogP) is 3.35. The van der Waals surface area contributed by atoms with E-state index in [9.17, 15) is 0 Å². The van der Waals surface area contributed by atoms with Crippen LogP contribution in [-0.4, -0.2) is 27.7 Å². The van der Waals surface area contributed by atoms with Gasteiger partial charge in [0.05, 0.1) is 24.9 Å². The van der Waals surface area contributed by atoms with E-state index in [0.717, 1.165) is 34.0 Å². The van der Waals surface area contributed by atoms with Gasteiger partial charge < -0.3 is 4.74 Å². The number of rotatable bonds is 5. The molecule has 8 heteroatoms. The number of hydrogen-bond acceptors (Lipinski definition) is 6. The van der Waals surface area contributed by atoms with Crippen LogP contribution < -0.4 is 15.8 Å². The zero-order chi connectivity index (χ0) is 19.7. The van der Waals surface area contributed by atoms with E-state index in [2.05, 4.69) is 53.3 Å². The summed E-state index contributed by atoms with van der Waals surface area (Å²) in [7, 11) is 1.66. The van der Waals surface area contributed by atoms with E-state index in [0.29, 0.717) is 11.2 Å². The number of methoxy groups -OCH3 is 1. The summed E-state index contributed by atoms with van der Waals surface area (Å²) in [5.41, 5.74) is 11.3.